The number of amidine groups is 2. The number of pyridine rings is 1. The molecule has 0 radical (unpaired) electrons. The third-order valence-corrected chi connectivity index (χ3v) is 6.36. The topological polar surface area (TPSA) is 90.8 Å². The Hall–Kier alpha value is -3.11. The van der Waals surface area contributed by atoms with Gasteiger partial charge in [0.05, 0.1) is 31.2 Å². The van der Waals surface area contributed by atoms with Gasteiger partial charge in [0, 0.05) is 35.0 Å². The van der Waals surface area contributed by atoms with Gasteiger partial charge in [-0.05, 0) is 17.7 Å². The lowest BCUT2D eigenvalue weighted by Gasteiger charge is -1.99. The highest BCUT2D eigenvalue weighted by atomic mass is 32.2. The van der Waals surface area contributed by atoms with Crippen LogP contribution < -0.4 is 10.9 Å². The second kappa shape index (κ2) is 9.36. The zero-order valence-electron chi connectivity index (χ0n) is 16.6. The van der Waals surface area contributed by atoms with E-state index in [2.05, 4.69) is 43.2 Å². The van der Waals surface area contributed by atoms with E-state index in [9.17, 15) is 0 Å². The molecule has 31 heavy (non-hydrogen) atoms. The molecule has 0 atom stereocenters. The van der Waals surface area contributed by atoms with E-state index < -0.39 is 0 Å². The van der Waals surface area contributed by atoms with Crippen molar-refractivity contribution in [2.45, 2.75) is 0 Å². The fourth-order valence-electron chi connectivity index (χ4n) is 3.09. The number of nitrogens with zero attached hydrogens (tertiary/aromatic N) is 6. The van der Waals surface area contributed by atoms with Gasteiger partial charge in [0.25, 0.3) is 0 Å². The maximum absolute atomic E-state index is 4.73. The van der Waals surface area contributed by atoms with Crippen molar-refractivity contribution in [1.29, 1.82) is 0 Å². The van der Waals surface area contributed by atoms with Crippen molar-refractivity contribution in [3.63, 3.8) is 0 Å². The predicted octanol–water partition coefficient (Wildman–Crippen LogP) is 3.05. The molecule has 1 aromatic carbocycles. The summed E-state index contributed by atoms with van der Waals surface area (Å²) in [4.78, 5) is 13.4. The Balaban J connectivity index is 1.26. The Bertz CT molecular complexity index is 1190. The van der Waals surface area contributed by atoms with Gasteiger partial charge in [-0.1, -0.05) is 47.8 Å². The molecule has 156 valence electrons. The minimum absolute atomic E-state index is 0.853. The second-order valence-electron chi connectivity index (χ2n) is 6.79. The molecule has 0 amide bonds. The minimum atomic E-state index is 0.853. The first-order valence-corrected chi connectivity index (χ1v) is 11.8. The van der Waals surface area contributed by atoms with E-state index in [0.29, 0.717) is 0 Å². The molecule has 8 nitrogen and oxygen atoms in total. The highest BCUT2D eigenvalue weighted by Crippen LogP contribution is 2.20. The number of nitrogens with one attached hydrogen (secondary N) is 2. The van der Waals surface area contributed by atoms with E-state index in [1.165, 1.54) is 0 Å². The number of fused-ring (bicyclic) bond motifs is 1. The maximum Gasteiger partial charge on any atom is 0.177 e. The van der Waals surface area contributed by atoms with Gasteiger partial charge in [0.1, 0.15) is 5.65 Å². The first-order chi connectivity index (χ1) is 15.3. The minimum Gasteiger partial charge on any atom is -0.306 e. The van der Waals surface area contributed by atoms with Crippen LogP contribution in [0, 0.1) is 0 Å². The molecule has 0 unspecified atom stereocenters. The molecule has 2 N–H and O–H groups in total. The first kappa shape index (κ1) is 19.8. The molecular formula is C21H20N8S2. The molecule has 0 saturated heterocycles. The number of hydrogen-bond acceptors (Lipinski definition) is 9. The summed E-state index contributed by atoms with van der Waals surface area (Å²) in [6.45, 7) is 1.71. The summed E-state index contributed by atoms with van der Waals surface area (Å²) in [5, 5.41) is 10.3. The third-order valence-electron chi connectivity index (χ3n) is 4.60. The lowest BCUT2D eigenvalue weighted by atomic mass is 10.1. The number of hydrogen-bond donors (Lipinski definition) is 2. The molecule has 0 spiro atoms. The van der Waals surface area contributed by atoms with Crippen molar-refractivity contribution in [3.8, 4) is 11.3 Å². The van der Waals surface area contributed by atoms with Gasteiger partial charge in [-0.15, -0.1) is 0 Å². The largest absolute Gasteiger partial charge is 0.306 e. The lowest BCUT2D eigenvalue weighted by Crippen LogP contribution is -2.11. The molecular weight excluding hydrogens is 428 g/mol. The Labute approximate surface area is 188 Å². The van der Waals surface area contributed by atoms with Crippen molar-refractivity contribution >= 4 is 51.9 Å². The number of thioether (sulfide) groups is 2. The van der Waals surface area contributed by atoms with Crippen LogP contribution in [0.1, 0.15) is 11.1 Å². The average molecular weight is 449 g/mol. The van der Waals surface area contributed by atoms with Gasteiger partial charge in [-0.25, -0.2) is 4.98 Å². The summed E-state index contributed by atoms with van der Waals surface area (Å²) < 4.78 is 2.01. The fraction of sp³-hybridized carbons (Fsp3) is 0.190. The van der Waals surface area contributed by atoms with Crippen LogP contribution >= 0.6 is 23.5 Å². The lowest BCUT2D eigenvalue weighted by molar-refractivity contribution is 1.03. The molecule has 5 rings (SSSR count). The van der Waals surface area contributed by atoms with Crippen LogP contribution in [0.15, 0.2) is 69.0 Å². The molecule has 2 aromatic heterocycles. The zero-order valence-corrected chi connectivity index (χ0v) is 18.2. The van der Waals surface area contributed by atoms with Gasteiger partial charge in [0.15, 0.2) is 10.3 Å². The first-order valence-electron chi connectivity index (χ1n) is 9.85. The highest BCUT2D eigenvalue weighted by Gasteiger charge is 2.07. The average Bonchev–Trinajstić information content (AvgIpc) is 3.56. The number of imidazole rings is 1. The molecule has 2 aliphatic heterocycles. The van der Waals surface area contributed by atoms with Gasteiger partial charge in [-0.2, -0.15) is 10.2 Å². The summed E-state index contributed by atoms with van der Waals surface area (Å²) in [5.41, 5.74) is 10.8. The third kappa shape index (κ3) is 4.97. The van der Waals surface area contributed by atoms with Crippen molar-refractivity contribution in [2.24, 2.45) is 20.2 Å². The number of hydrazone groups is 2. The van der Waals surface area contributed by atoms with Crippen LogP contribution in [0.2, 0.25) is 0 Å². The van der Waals surface area contributed by atoms with Gasteiger partial charge in [-0.3, -0.25) is 20.8 Å². The van der Waals surface area contributed by atoms with Gasteiger partial charge in [0.2, 0.25) is 0 Å². The molecule has 0 saturated carbocycles. The molecule has 0 fully saturated rings. The summed E-state index contributed by atoms with van der Waals surface area (Å²) >= 11 is 3.37. The summed E-state index contributed by atoms with van der Waals surface area (Å²) in [6.07, 6.45) is 7.62. The summed E-state index contributed by atoms with van der Waals surface area (Å²) in [7, 11) is 0. The van der Waals surface area contributed by atoms with Crippen molar-refractivity contribution in [2.75, 3.05) is 24.6 Å². The Morgan fingerprint density at radius 1 is 0.806 bits per heavy atom. The molecule has 3 aromatic rings. The SMILES string of the molecule is C(=NNC1=NCCS1)c1ccc(-c2cn3cc(C=NNC4=NCCS4)ccc3n2)cc1. The van der Waals surface area contributed by atoms with E-state index in [1.807, 2.05) is 41.1 Å². The summed E-state index contributed by atoms with van der Waals surface area (Å²) in [5.74, 6) is 2.03. The van der Waals surface area contributed by atoms with E-state index in [1.54, 1.807) is 36.0 Å². The molecule has 0 bridgehead atoms. The second-order valence-corrected chi connectivity index (χ2v) is 8.95. The van der Waals surface area contributed by atoms with E-state index in [-0.39, 0.29) is 0 Å². The highest BCUT2D eigenvalue weighted by molar-refractivity contribution is 8.14. The van der Waals surface area contributed by atoms with Gasteiger partial charge >= 0.3 is 0 Å². The van der Waals surface area contributed by atoms with Gasteiger partial charge < -0.3 is 4.40 Å². The standard InChI is InChI=1S/C21H20N8S2/c1-4-17(5-2-15(1)11-24-27-20-22-7-9-30-20)18-14-29-13-16(3-6-19(29)26-18)12-25-28-21-23-8-10-31-21/h1-6,11-14H,7-10H2,(H,22,27)(H,23,28). The molecule has 4 heterocycles. The number of benzene rings is 1. The van der Waals surface area contributed by atoms with Crippen LogP contribution in [0.3, 0.4) is 0 Å². The summed E-state index contributed by atoms with van der Waals surface area (Å²) in [6, 6.07) is 12.2. The molecule has 0 aliphatic carbocycles. The van der Waals surface area contributed by atoms with Crippen molar-refractivity contribution < 1.29 is 0 Å². The van der Waals surface area contributed by atoms with E-state index in [0.717, 1.165) is 63.0 Å². The maximum atomic E-state index is 4.73. The van der Waals surface area contributed by atoms with Crippen LogP contribution in [0.5, 0.6) is 0 Å². The fourth-order valence-corrected chi connectivity index (χ4v) is 4.45. The monoisotopic (exact) mass is 448 g/mol. The van der Waals surface area contributed by atoms with Crippen LogP contribution in [0.25, 0.3) is 16.9 Å². The Morgan fingerprint density at radius 2 is 1.45 bits per heavy atom. The van der Waals surface area contributed by atoms with Crippen LogP contribution in [-0.4, -0.2) is 56.7 Å². The zero-order chi connectivity index (χ0) is 20.9. The predicted molar refractivity (Wildman–Crippen MR) is 132 cm³/mol. The normalized spacial score (nSPS) is 16.4. The van der Waals surface area contributed by atoms with Crippen molar-refractivity contribution in [1.82, 2.24) is 20.2 Å². The smallest absolute Gasteiger partial charge is 0.177 e. The number of rotatable bonds is 5. The quantitative estimate of drug-likeness (QED) is 0.462. The van der Waals surface area contributed by atoms with Crippen molar-refractivity contribution in [3.05, 3.63) is 59.9 Å². The van der Waals surface area contributed by atoms with E-state index in [4.69, 9.17) is 4.98 Å². The Kier molecular flexibility index (Phi) is 5.99. The van der Waals surface area contributed by atoms with E-state index >= 15 is 0 Å². The molecule has 10 heteroatoms. The van der Waals surface area contributed by atoms with Crippen LogP contribution in [-0.2, 0) is 0 Å². The number of aliphatic imine (C=N–C) groups is 2. The number of aromatic nitrogens is 2. The van der Waals surface area contributed by atoms with Crippen LogP contribution in [0.4, 0.5) is 0 Å². The molecule has 2 aliphatic rings. The Morgan fingerprint density at radius 3 is 2.10 bits per heavy atom.